The molecule has 1 fully saturated rings. The molecule has 28 heavy (non-hydrogen) atoms. The van der Waals surface area contributed by atoms with E-state index in [1.807, 2.05) is 0 Å². The van der Waals surface area contributed by atoms with Crippen molar-refractivity contribution < 1.29 is 9.53 Å². The van der Waals surface area contributed by atoms with Gasteiger partial charge in [-0.25, -0.2) is 4.99 Å². The third-order valence-corrected chi connectivity index (χ3v) is 5.15. The molecule has 0 spiro atoms. The summed E-state index contributed by atoms with van der Waals surface area (Å²) in [7, 11) is 3.49. The number of rotatable bonds is 7. The number of likely N-dealkylation sites (N-methyl/N-ethyl adjacent to an activating group) is 1. The van der Waals surface area contributed by atoms with Gasteiger partial charge in [-0.3, -0.25) is 4.79 Å². The minimum absolute atomic E-state index is 0.0163. The Labute approximate surface area is 166 Å². The number of carbonyl (C=O) groups is 1. The highest BCUT2D eigenvalue weighted by molar-refractivity contribution is 5.86. The van der Waals surface area contributed by atoms with Crippen LogP contribution in [0.15, 0.2) is 29.4 Å². The van der Waals surface area contributed by atoms with Crippen molar-refractivity contribution in [3.63, 3.8) is 0 Å². The number of nitrogens with one attached hydrogen (secondary N) is 3. The second-order valence-electron chi connectivity index (χ2n) is 7.55. The Morgan fingerprint density at radius 3 is 2.96 bits per heavy atom. The number of hydrogen-bond donors (Lipinski definition) is 3. The molecule has 2 aromatic rings. The number of aliphatic imine (C=N–C) groups is 1. The number of guanidine groups is 1. The number of fused-ring (bicyclic) bond motifs is 1. The lowest BCUT2D eigenvalue weighted by Crippen LogP contribution is -2.41. The quantitative estimate of drug-likeness (QED) is 0.500. The number of nitrogens with zero attached hydrogens (tertiary/aromatic N) is 2. The molecule has 1 aromatic heterocycles. The van der Waals surface area contributed by atoms with Crippen LogP contribution in [0.1, 0.15) is 17.5 Å². The van der Waals surface area contributed by atoms with E-state index < -0.39 is 0 Å². The molecular weight excluding hydrogens is 354 g/mol. The Balaban J connectivity index is 1.58. The Hall–Kier alpha value is -2.54. The largest absolute Gasteiger partial charge is 0.381 e. The summed E-state index contributed by atoms with van der Waals surface area (Å²) in [6.07, 6.45) is 4.01. The molecule has 1 aromatic carbocycles. The van der Waals surface area contributed by atoms with Crippen molar-refractivity contribution in [2.24, 2.45) is 10.9 Å². The van der Waals surface area contributed by atoms with Gasteiger partial charge in [0.25, 0.3) is 0 Å². The minimum Gasteiger partial charge on any atom is -0.381 e. The van der Waals surface area contributed by atoms with Crippen LogP contribution in [0.25, 0.3) is 10.9 Å². The number of carbonyl (C=O) groups excluding carboxylic acids is 1. The average Bonchev–Trinajstić information content (AvgIpc) is 3.34. The first-order chi connectivity index (χ1) is 13.5. The molecule has 3 N–H and O–H groups in total. The fourth-order valence-corrected chi connectivity index (χ4v) is 3.33. The number of amides is 1. The summed E-state index contributed by atoms with van der Waals surface area (Å²) in [5.74, 6) is 1.16. The molecule has 1 amide bonds. The second-order valence-corrected chi connectivity index (χ2v) is 7.55. The van der Waals surface area contributed by atoms with Crippen LogP contribution in [0.2, 0.25) is 0 Å². The van der Waals surface area contributed by atoms with Crippen LogP contribution in [0.3, 0.4) is 0 Å². The Morgan fingerprint density at radius 1 is 1.36 bits per heavy atom. The highest BCUT2D eigenvalue weighted by atomic mass is 16.5. The summed E-state index contributed by atoms with van der Waals surface area (Å²) in [6, 6.07) is 6.36. The van der Waals surface area contributed by atoms with Crippen molar-refractivity contribution in [3.8, 4) is 0 Å². The van der Waals surface area contributed by atoms with Gasteiger partial charge in [-0.15, -0.1) is 0 Å². The van der Waals surface area contributed by atoms with Gasteiger partial charge in [0.05, 0.1) is 6.61 Å². The first-order valence-corrected chi connectivity index (χ1v) is 9.90. The van der Waals surface area contributed by atoms with E-state index >= 15 is 0 Å². The fourth-order valence-electron chi connectivity index (χ4n) is 3.33. The zero-order valence-electron chi connectivity index (χ0n) is 17.0. The van der Waals surface area contributed by atoms with E-state index in [1.54, 1.807) is 19.0 Å². The Kier molecular flexibility index (Phi) is 6.92. The lowest BCUT2D eigenvalue weighted by Gasteiger charge is -2.15. The molecule has 0 aliphatic carbocycles. The first kappa shape index (κ1) is 20.2. The van der Waals surface area contributed by atoms with E-state index in [4.69, 9.17) is 4.74 Å². The van der Waals surface area contributed by atoms with Gasteiger partial charge in [0.2, 0.25) is 5.91 Å². The van der Waals surface area contributed by atoms with E-state index in [0.717, 1.165) is 39.1 Å². The smallest absolute Gasteiger partial charge is 0.243 e. The summed E-state index contributed by atoms with van der Waals surface area (Å²) in [5.41, 5.74) is 3.73. The lowest BCUT2D eigenvalue weighted by atomic mass is 10.1. The van der Waals surface area contributed by atoms with E-state index in [-0.39, 0.29) is 12.5 Å². The van der Waals surface area contributed by atoms with Crippen molar-refractivity contribution in [2.45, 2.75) is 19.8 Å². The summed E-state index contributed by atoms with van der Waals surface area (Å²) in [6.45, 7) is 5.40. The highest BCUT2D eigenvalue weighted by Gasteiger charge is 2.16. The molecule has 0 saturated carbocycles. The van der Waals surface area contributed by atoms with E-state index in [0.29, 0.717) is 11.9 Å². The molecule has 7 nitrogen and oxygen atoms in total. The SMILES string of the molecule is Cc1cccc2c(CCNC(=NCC(=O)N(C)C)NCC3CCOC3)c[nH]c12. The zero-order chi connectivity index (χ0) is 19.9. The molecule has 0 radical (unpaired) electrons. The fraction of sp³-hybridized carbons (Fsp3) is 0.524. The summed E-state index contributed by atoms with van der Waals surface area (Å²) < 4.78 is 5.44. The molecule has 1 unspecified atom stereocenters. The number of aryl methyl sites for hydroxylation is 1. The lowest BCUT2D eigenvalue weighted by molar-refractivity contribution is -0.127. The van der Waals surface area contributed by atoms with Crippen LogP contribution in [0.4, 0.5) is 0 Å². The van der Waals surface area contributed by atoms with Gasteiger partial charge >= 0.3 is 0 Å². The average molecular weight is 386 g/mol. The molecule has 1 aliphatic rings. The zero-order valence-corrected chi connectivity index (χ0v) is 17.0. The van der Waals surface area contributed by atoms with Crippen LogP contribution in [-0.2, 0) is 16.0 Å². The van der Waals surface area contributed by atoms with Gasteiger partial charge in [0.15, 0.2) is 5.96 Å². The van der Waals surface area contributed by atoms with Crippen LogP contribution >= 0.6 is 0 Å². The van der Waals surface area contributed by atoms with Gasteiger partial charge < -0.3 is 25.3 Å². The van der Waals surface area contributed by atoms with E-state index in [9.17, 15) is 4.79 Å². The molecule has 0 bridgehead atoms. The number of H-pyrrole nitrogens is 1. The van der Waals surface area contributed by atoms with Crippen LogP contribution in [-0.4, -0.2) is 68.7 Å². The number of ether oxygens (including phenoxy) is 1. The maximum absolute atomic E-state index is 11.9. The number of para-hydroxylation sites is 1. The van der Waals surface area contributed by atoms with E-state index in [1.165, 1.54) is 22.0 Å². The Morgan fingerprint density at radius 2 is 2.21 bits per heavy atom. The molecule has 7 heteroatoms. The van der Waals surface area contributed by atoms with Crippen molar-refractivity contribution in [3.05, 3.63) is 35.5 Å². The summed E-state index contributed by atoms with van der Waals surface area (Å²) in [4.78, 5) is 21.3. The monoisotopic (exact) mass is 385 g/mol. The molecule has 1 aliphatic heterocycles. The molecule has 152 valence electrons. The normalized spacial score (nSPS) is 17.1. The van der Waals surface area contributed by atoms with Crippen LogP contribution in [0.5, 0.6) is 0 Å². The number of benzene rings is 1. The Bertz CT molecular complexity index is 821. The van der Waals surface area contributed by atoms with Gasteiger partial charge in [-0.1, -0.05) is 18.2 Å². The molecule has 2 heterocycles. The highest BCUT2D eigenvalue weighted by Crippen LogP contribution is 2.21. The van der Waals surface area contributed by atoms with Crippen molar-refractivity contribution in [1.29, 1.82) is 0 Å². The van der Waals surface area contributed by atoms with Gasteiger partial charge in [-0.05, 0) is 30.9 Å². The van der Waals surface area contributed by atoms with Crippen LogP contribution < -0.4 is 10.6 Å². The number of aromatic amines is 1. The minimum atomic E-state index is -0.0163. The molecular formula is C21H31N5O2. The molecule has 1 saturated heterocycles. The molecule has 1 atom stereocenters. The predicted octanol–water partition coefficient (Wildman–Crippen LogP) is 1.68. The predicted molar refractivity (Wildman–Crippen MR) is 113 cm³/mol. The molecule has 3 rings (SSSR count). The van der Waals surface area contributed by atoms with Crippen molar-refractivity contribution in [2.75, 3.05) is 46.9 Å². The topological polar surface area (TPSA) is 81.8 Å². The first-order valence-electron chi connectivity index (χ1n) is 9.90. The van der Waals surface area contributed by atoms with Crippen molar-refractivity contribution in [1.82, 2.24) is 20.5 Å². The number of aromatic nitrogens is 1. The maximum atomic E-state index is 11.9. The standard InChI is InChI=1S/C21H31N5O2/c1-15-5-4-6-18-17(12-23-20(15)18)7-9-22-21(25-13-19(27)26(2)3)24-11-16-8-10-28-14-16/h4-6,12,16,23H,7-11,13-14H2,1-3H3,(H2,22,24,25). The maximum Gasteiger partial charge on any atom is 0.243 e. The third kappa shape index (κ3) is 5.25. The third-order valence-electron chi connectivity index (χ3n) is 5.15. The van der Waals surface area contributed by atoms with Gasteiger partial charge in [0, 0.05) is 56.8 Å². The summed E-state index contributed by atoms with van der Waals surface area (Å²) >= 11 is 0. The van der Waals surface area contributed by atoms with Crippen LogP contribution in [0, 0.1) is 12.8 Å². The van der Waals surface area contributed by atoms with Crippen molar-refractivity contribution >= 4 is 22.8 Å². The second kappa shape index (κ2) is 9.59. The summed E-state index contributed by atoms with van der Waals surface area (Å²) in [5, 5.41) is 7.99. The van der Waals surface area contributed by atoms with Gasteiger partial charge in [0.1, 0.15) is 6.54 Å². The van der Waals surface area contributed by atoms with Gasteiger partial charge in [-0.2, -0.15) is 0 Å². The number of hydrogen-bond acceptors (Lipinski definition) is 3. The van der Waals surface area contributed by atoms with E-state index in [2.05, 4.69) is 51.9 Å².